The highest BCUT2D eigenvalue weighted by Gasteiger charge is 2.18. The molecule has 6 nitrogen and oxygen atoms in total. The Hall–Kier alpha value is -3.32. The molecule has 0 aliphatic heterocycles. The van der Waals surface area contributed by atoms with E-state index in [4.69, 9.17) is 31.8 Å². The molecular weight excluding hydrogens is 395 g/mol. The van der Waals surface area contributed by atoms with E-state index in [1.807, 2.05) is 25.1 Å². The van der Waals surface area contributed by atoms with Gasteiger partial charge in [-0.2, -0.15) is 9.61 Å². The number of hydrogen-bond donors (Lipinski definition) is 1. The van der Waals surface area contributed by atoms with Crippen molar-refractivity contribution in [1.82, 2.24) is 14.6 Å². The fourth-order valence-electron chi connectivity index (χ4n) is 3.35. The molecule has 148 valence electrons. The molecule has 0 atom stereocenters. The summed E-state index contributed by atoms with van der Waals surface area (Å²) < 4.78 is 25.8. The molecule has 0 aliphatic carbocycles. The maximum atomic E-state index is 13.6. The molecular formula is C21H18ClFN4O2. The van der Waals surface area contributed by atoms with Crippen LogP contribution in [0.4, 0.5) is 10.2 Å². The number of hydrogen-bond acceptors (Lipinski definition) is 5. The third kappa shape index (κ3) is 3.13. The first-order valence-corrected chi connectivity index (χ1v) is 9.14. The molecule has 29 heavy (non-hydrogen) atoms. The second kappa shape index (κ2) is 7.25. The molecule has 0 saturated heterocycles. The van der Waals surface area contributed by atoms with Gasteiger partial charge in [-0.1, -0.05) is 23.7 Å². The number of anilines is 1. The zero-order valence-electron chi connectivity index (χ0n) is 16.0. The van der Waals surface area contributed by atoms with Crippen LogP contribution >= 0.6 is 11.6 Å². The van der Waals surface area contributed by atoms with Gasteiger partial charge in [-0.3, -0.25) is 0 Å². The van der Waals surface area contributed by atoms with Gasteiger partial charge in [-0.25, -0.2) is 9.37 Å². The Labute approximate surface area is 171 Å². The van der Waals surface area contributed by atoms with Gasteiger partial charge < -0.3 is 15.2 Å². The van der Waals surface area contributed by atoms with E-state index in [9.17, 15) is 4.39 Å². The Balaban J connectivity index is 1.90. The van der Waals surface area contributed by atoms with Crippen LogP contribution in [0, 0.1) is 12.7 Å². The summed E-state index contributed by atoms with van der Waals surface area (Å²) in [6, 6.07) is 10.0. The number of benzene rings is 2. The monoisotopic (exact) mass is 412 g/mol. The van der Waals surface area contributed by atoms with Crippen LogP contribution in [-0.2, 0) is 0 Å². The number of rotatable bonds is 4. The smallest absolute Gasteiger partial charge is 0.165 e. The van der Waals surface area contributed by atoms with Gasteiger partial charge >= 0.3 is 0 Å². The molecule has 0 fully saturated rings. The van der Waals surface area contributed by atoms with Gasteiger partial charge in [0.25, 0.3) is 0 Å². The molecule has 0 aliphatic rings. The van der Waals surface area contributed by atoms with Crippen molar-refractivity contribution in [2.75, 3.05) is 20.0 Å². The SMILES string of the molecule is COc1ccc(-c2cnn3c(N)c(-c4ccc(F)c(Cl)c4)c(C)nc23)cc1OC. The van der Waals surface area contributed by atoms with Gasteiger partial charge in [-0.05, 0) is 42.3 Å². The molecule has 0 amide bonds. The number of aromatic nitrogens is 3. The Morgan fingerprint density at radius 2 is 1.76 bits per heavy atom. The first-order chi connectivity index (χ1) is 13.9. The summed E-state index contributed by atoms with van der Waals surface area (Å²) in [7, 11) is 3.17. The summed E-state index contributed by atoms with van der Waals surface area (Å²) in [5.74, 6) is 1.14. The van der Waals surface area contributed by atoms with Crippen molar-refractivity contribution in [2.45, 2.75) is 6.92 Å². The van der Waals surface area contributed by atoms with E-state index in [2.05, 4.69) is 5.10 Å². The second-order valence-electron chi connectivity index (χ2n) is 6.45. The highest BCUT2D eigenvalue weighted by molar-refractivity contribution is 6.31. The Morgan fingerprint density at radius 1 is 1.03 bits per heavy atom. The Morgan fingerprint density at radius 3 is 2.45 bits per heavy atom. The van der Waals surface area contributed by atoms with Crippen LogP contribution in [0.2, 0.25) is 5.02 Å². The summed E-state index contributed by atoms with van der Waals surface area (Å²) in [5.41, 5.74) is 10.7. The van der Waals surface area contributed by atoms with E-state index >= 15 is 0 Å². The zero-order chi connectivity index (χ0) is 20.7. The largest absolute Gasteiger partial charge is 0.493 e. The average Bonchev–Trinajstić information content (AvgIpc) is 3.14. The number of halogens is 2. The predicted octanol–water partition coefficient (Wildman–Crippen LogP) is 4.76. The highest BCUT2D eigenvalue weighted by Crippen LogP contribution is 2.36. The van der Waals surface area contributed by atoms with Crippen molar-refractivity contribution in [3.8, 4) is 33.8 Å². The Kier molecular flexibility index (Phi) is 4.76. The molecule has 2 N–H and O–H groups in total. The molecule has 0 spiro atoms. The number of fused-ring (bicyclic) bond motifs is 1. The van der Waals surface area contributed by atoms with Crippen LogP contribution in [0.5, 0.6) is 11.5 Å². The van der Waals surface area contributed by atoms with Crippen LogP contribution in [0.15, 0.2) is 42.6 Å². The summed E-state index contributed by atoms with van der Waals surface area (Å²) in [4.78, 5) is 4.71. The molecule has 2 heterocycles. The van der Waals surface area contributed by atoms with Crippen molar-refractivity contribution in [3.63, 3.8) is 0 Å². The third-order valence-electron chi connectivity index (χ3n) is 4.77. The van der Waals surface area contributed by atoms with Crippen molar-refractivity contribution in [1.29, 1.82) is 0 Å². The summed E-state index contributed by atoms with van der Waals surface area (Å²) in [6.07, 6.45) is 1.70. The van der Waals surface area contributed by atoms with Gasteiger partial charge in [-0.15, -0.1) is 0 Å². The van der Waals surface area contributed by atoms with E-state index < -0.39 is 5.82 Å². The van der Waals surface area contributed by atoms with Gasteiger partial charge in [0.05, 0.1) is 31.1 Å². The van der Waals surface area contributed by atoms with Crippen molar-refractivity contribution in [3.05, 3.63) is 59.1 Å². The summed E-state index contributed by atoms with van der Waals surface area (Å²) in [6.45, 7) is 1.84. The first-order valence-electron chi connectivity index (χ1n) is 8.76. The zero-order valence-corrected chi connectivity index (χ0v) is 16.8. The molecule has 0 radical (unpaired) electrons. The topological polar surface area (TPSA) is 74.7 Å². The second-order valence-corrected chi connectivity index (χ2v) is 6.86. The lowest BCUT2D eigenvalue weighted by Crippen LogP contribution is -2.05. The van der Waals surface area contributed by atoms with E-state index in [1.54, 1.807) is 31.0 Å². The minimum atomic E-state index is -0.490. The molecule has 2 aromatic carbocycles. The lowest BCUT2D eigenvalue weighted by Gasteiger charge is -2.12. The van der Waals surface area contributed by atoms with Crippen LogP contribution < -0.4 is 15.2 Å². The number of methoxy groups -OCH3 is 2. The fourth-order valence-corrected chi connectivity index (χ4v) is 3.53. The molecule has 4 aromatic rings. The van der Waals surface area contributed by atoms with E-state index in [1.165, 1.54) is 12.1 Å². The number of nitrogen functional groups attached to an aromatic ring is 1. The van der Waals surface area contributed by atoms with E-state index in [-0.39, 0.29) is 5.02 Å². The van der Waals surface area contributed by atoms with Gasteiger partial charge in [0.15, 0.2) is 17.1 Å². The lowest BCUT2D eigenvalue weighted by molar-refractivity contribution is 0.355. The normalized spacial score (nSPS) is 11.1. The minimum absolute atomic E-state index is 0.0212. The average molecular weight is 413 g/mol. The predicted molar refractivity (Wildman–Crippen MR) is 111 cm³/mol. The number of ether oxygens (including phenoxy) is 2. The van der Waals surface area contributed by atoms with E-state index in [0.29, 0.717) is 39.8 Å². The number of nitrogens with zero attached hydrogens (tertiary/aromatic N) is 3. The first kappa shape index (κ1) is 19.0. The minimum Gasteiger partial charge on any atom is -0.493 e. The molecule has 4 rings (SSSR count). The van der Waals surface area contributed by atoms with Gasteiger partial charge in [0.1, 0.15) is 11.6 Å². The van der Waals surface area contributed by atoms with Crippen LogP contribution in [0.3, 0.4) is 0 Å². The Bertz CT molecular complexity index is 1240. The molecule has 0 saturated carbocycles. The maximum absolute atomic E-state index is 13.6. The maximum Gasteiger partial charge on any atom is 0.165 e. The van der Waals surface area contributed by atoms with E-state index in [0.717, 1.165) is 11.1 Å². The summed E-state index contributed by atoms with van der Waals surface area (Å²) in [5, 5.41) is 4.43. The molecule has 0 unspecified atom stereocenters. The van der Waals surface area contributed by atoms with Crippen molar-refractivity contribution in [2.24, 2.45) is 0 Å². The van der Waals surface area contributed by atoms with Crippen molar-refractivity contribution < 1.29 is 13.9 Å². The highest BCUT2D eigenvalue weighted by atomic mass is 35.5. The number of nitrogens with two attached hydrogens (primary N) is 1. The van der Waals surface area contributed by atoms with Crippen LogP contribution in [0.1, 0.15) is 5.69 Å². The van der Waals surface area contributed by atoms with Gasteiger partial charge in [0.2, 0.25) is 0 Å². The molecule has 8 heteroatoms. The molecule has 0 bridgehead atoms. The third-order valence-corrected chi connectivity index (χ3v) is 5.06. The van der Waals surface area contributed by atoms with Crippen LogP contribution in [-0.4, -0.2) is 28.8 Å². The van der Waals surface area contributed by atoms with Crippen LogP contribution in [0.25, 0.3) is 27.9 Å². The summed E-state index contributed by atoms with van der Waals surface area (Å²) >= 11 is 5.94. The van der Waals surface area contributed by atoms with Gasteiger partial charge in [0, 0.05) is 11.1 Å². The van der Waals surface area contributed by atoms with Crippen molar-refractivity contribution >= 4 is 23.1 Å². The quantitative estimate of drug-likeness (QED) is 0.523. The molecule has 2 aromatic heterocycles. The fraction of sp³-hybridized carbons (Fsp3) is 0.143. The standard InChI is InChI=1S/C21H18ClFN4O2/c1-11-19(13-4-6-16(23)15(22)8-13)20(24)27-21(26-11)14(10-25-27)12-5-7-17(28-2)18(9-12)29-3/h4-10H,24H2,1-3H3. The number of aryl methyl sites for hydroxylation is 1. The lowest BCUT2D eigenvalue weighted by atomic mass is 10.0.